The molecule has 0 spiro atoms. The summed E-state index contributed by atoms with van der Waals surface area (Å²) in [7, 11) is 0. The van der Waals surface area contributed by atoms with Crippen LogP contribution in [0.3, 0.4) is 0 Å². The summed E-state index contributed by atoms with van der Waals surface area (Å²) < 4.78 is 1.08. The van der Waals surface area contributed by atoms with Crippen LogP contribution >= 0.6 is 15.9 Å². The van der Waals surface area contributed by atoms with E-state index in [9.17, 15) is 0 Å². The molecule has 0 aliphatic heterocycles. The molecule has 1 heterocycles. The number of nitrogens with zero attached hydrogens (tertiary/aromatic N) is 3. The van der Waals surface area contributed by atoms with Gasteiger partial charge in [-0.25, -0.2) is 0 Å². The van der Waals surface area contributed by atoms with E-state index in [1.807, 2.05) is 31.2 Å². The molecule has 0 unspecified atom stereocenters. The van der Waals surface area contributed by atoms with Gasteiger partial charge in [-0.3, -0.25) is 0 Å². The minimum absolute atomic E-state index is 0.496. The number of halogens is 1. The molecule has 0 bridgehead atoms. The Hall–Kier alpha value is -2.47. The highest BCUT2D eigenvalue weighted by Gasteiger charge is 2.03. The van der Waals surface area contributed by atoms with Gasteiger partial charge in [0.05, 0.1) is 6.20 Å². The van der Waals surface area contributed by atoms with E-state index in [-0.39, 0.29) is 0 Å². The maximum absolute atomic E-state index is 4.45. The summed E-state index contributed by atoms with van der Waals surface area (Å²) in [5.41, 5.74) is 4.52. The molecule has 6 heteroatoms. The Morgan fingerprint density at radius 1 is 1.08 bits per heavy atom. The molecule has 2 N–H and O–H groups in total. The average molecular weight is 384 g/mol. The molecular weight excluding hydrogens is 366 g/mol. The summed E-state index contributed by atoms with van der Waals surface area (Å²) in [4.78, 5) is 4.45. The van der Waals surface area contributed by atoms with Crippen molar-refractivity contribution in [3.8, 4) is 0 Å². The second kappa shape index (κ2) is 7.40. The van der Waals surface area contributed by atoms with Gasteiger partial charge in [0.25, 0.3) is 0 Å². The molecule has 3 aromatic rings. The fourth-order valence-electron chi connectivity index (χ4n) is 2.31. The van der Waals surface area contributed by atoms with Gasteiger partial charge in [0.1, 0.15) is 0 Å². The van der Waals surface area contributed by atoms with Crippen LogP contribution in [-0.4, -0.2) is 15.2 Å². The molecule has 0 saturated carbocycles. The molecule has 2 aromatic carbocycles. The fraction of sp³-hybridized carbons (Fsp3) is 0.167. The number of aromatic nitrogens is 3. The third kappa shape index (κ3) is 4.29. The first-order valence-electron chi connectivity index (χ1n) is 7.62. The van der Waals surface area contributed by atoms with Crippen molar-refractivity contribution in [3.63, 3.8) is 0 Å². The topological polar surface area (TPSA) is 62.7 Å². The van der Waals surface area contributed by atoms with Crippen LogP contribution in [0.2, 0.25) is 0 Å². The molecule has 5 nitrogen and oxygen atoms in total. The van der Waals surface area contributed by atoms with Gasteiger partial charge in [-0.15, -0.1) is 5.10 Å². The Morgan fingerprint density at radius 2 is 1.96 bits per heavy atom. The quantitative estimate of drug-likeness (QED) is 0.673. The van der Waals surface area contributed by atoms with Crippen molar-refractivity contribution in [1.29, 1.82) is 0 Å². The number of aryl methyl sites for hydroxylation is 2. The molecule has 0 fully saturated rings. The van der Waals surface area contributed by atoms with Crippen LogP contribution in [0.1, 0.15) is 16.7 Å². The SMILES string of the molecule is Cc1cccc(CNc2nncc(Nc3ccc(Br)c(C)c3)n2)c1. The molecular formula is C18H18BrN5. The highest BCUT2D eigenvalue weighted by molar-refractivity contribution is 9.10. The molecule has 0 atom stereocenters. The minimum Gasteiger partial charge on any atom is -0.349 e. The number of rotatable bonds is 5. The number of hydrogen-bond donors (Lipinski definition) is 2. The summed E-state index contributed by atoms with van der Waals surface area (Å²) in [6, 6.07) is 14.4. The Kier molecular flexibility index (Phi) is 5.05. The Bertz CT molecular complexity index is 850. The molecule has 0 saturated heterocycles. The van der Waals surface area contributed by atoms with Crippen LogP contribution in [0.25, 0.3) is 0 Å². The Labute approximate surface area is 149 Å². The second-order valence-corrected chi connectivity index (χ2v) is 6.45. The highest BCUT2D eigenvalue weighted by atomic mass is 79.9. The first-order chi connectivity index (χ1) is 11.6. The maximum Gasteiger partial charge on any atom is 0.244 e. The van der Waals surface area contributed by atoms with Crippen molar-refractivity contribution in [2.45, 2.75) is 20.4 Å². The number of anilines is 3. The van der Waals surface area contributed by atoms with E-state index in [4.69, 9.17) is 0 Å². The monoisotopic (exact) mass is 383 g/mol. The van der Waals surface area contributed by atoms with Gasteiger partial charge in [-0.05, 0) is 43.2 Å². The first kappa shape index (κ1) is 16.4. The summed E-state index contributed by atoms with van der Waals surface area (Å²) in [6.07, 6.45) is 1.61. The number of benzene rings is 2. The van der Waals surface area contributed by atoms with Crippen molar-refractivity contribution in [3.05, 3.63) is 69.8 Å². The van der Waals surface area contributed by atoms with Crippen molar-refractivity contribution >= 4 is 33.4 Å². The summed E-state index contributed by atoms with van der Waals surface area (Å²) in [6.45, 7) is 4.78. The standard InChI is InChI=1S/C18H18BrN5/c1-12-4-3-5-14(8-12)10-20-18-23-17(11-21-24-18)22-15-6-7-16(19)13(2)9-15/h3-9,11H,10H2,1-2H3,(H2,20,22,23,24). The number of hydrogen-bond acceptors (Lipinski definition) is 5. The molecule has 0 radical (unpaired) electrons. The van der Waals surface area contributed by atoms with E-state index in [2.05, 4.69) is 66.9 Å². The lowest BCUT2D eigenvalue weighted by molar-refractivity contribution is 0.948. The van der Waals surface area contributed by atoms with Gasteiger partial charge in [-0.2, -0.15) is 10.1 Å². The molecule has 1 aromatic heterocycles. The van der Waals surface area contributed by atoms with Crippen LogP contribution in [0.15, 0.2) is 53.1 Å². The fourth-order valence-corrected chi connectivity index (χ4v) is 2.56. The second-order valence-electron chi connectivity index (χ2n) is 5.60. The van der Waals surface area contributed by atoms with Gasteiger partial charge < -0.3 is 10.6 Å². The lowest BCUT2D eigenvalue weighted by Gasteiger charge is -2.09. The van der Waals surface area contributed by atoms with Crippen molar-refractivity contribution in [2.75, 3.05) is 10.6 Å². The van der Waals surface area contributed by atoms with E-state index in [0.717, 1.165) is 15.7 Å². The predicted molar refractivity (Wildman–Crippen MR) is 100 cm³/mol. The number of nitrogens with one attached hydrogen (secondary N) is 2. The van der Waals surface area contributed by atoms with E-state index in [1.165, 1.54) is 11.1 Å². The van der Waals surface area contributed by atoms with E-state index in [0.29, 0.717) is 18.3 Å². The average Bonchev–Trinajstić information content (AvgIpc) is 2.57. The van der Waals surface area contributed by atoms with Gasteiger partial charge in [0.2, 0.25) is 5.95 Å². The van der Waals surface area contributed by atoms with Gasteiger partial charge in [0.15, 0.2) is 5.82 Å². The summed E-state index contributed by atoms with van der Waals surface area (Å²) in [5, 5.41) is 14.5. The van der Waals surface area contributed by atoms with Crippen molar-refractivity contribution in [1.82, 2.24) is 15.2 Å². The van der Waals surface area contributed by atoms with Crippen molar-refractivity contribution < 1.29 is 0 Å². The van der Waals surface area contributed by atoms with Gasteiger partial charge in [-0.1, -0.05) is 45.8 Å². The Balaban J connectivity index is 1.68. The third-order valence-electron chi connectivity index (χ3n) is 3.52. The lowest BCUT2D eigenvalue weighted by atomic mass is 10.1. The van der Waals surface area contributed by atoms with E-state index < -0.39 is 0 Å². The maximum atomic E-state index is 4.45. The minimum atomic E-state index is 0.496. The largest absolute Gasteiger partial charge is 0.349 e. The highest BCUT2D eigenvalue weighted by Crippen LogP contribution is 2.22. The van der Waals surface area contributed by atoms with Crippen LogP contribution in [0.4, 0.5) is 17.5 Å². The molecule has 24 heavy (non-hydrogen) atoms. The zero-order valence-corrected chi connectivity index (χ0v) is 15.1. The van der Waals surface area contributed by atoms with E-state index >= 15 is 0 Å². The zero-order chi connectivity index (χ0) is 16.9. The molecule has 0 aliphatic rings. The van der Waals surface area contributed by atoms with E-state index in [1.54, 1.807) is 6.20 Å². The first-order valence-corrected chi connectivity index (χ1v) is 8.42. The molecule has 3 rings (SSSR count). The predicted octanol–water partition coefficient (Wildman–Crippen LogP) is 4.61. The smallest absolute Gasteiger partial charge is 0.244 e. The van der Waals surface area contributed by atoms with Gasteiger partial charge >= 0.3 is 0 Å². The van der Waals surface area contributed by atoms with Crippen LogP contribution < -0.4 is 10.6 Å². The summed E-state index contributed by atoms with van der Waals surface area (Å²) in [5.74, 6) is 1.15. The van der Waals surface area contributed by atoms with Crippen LogP contribution in [0.5, 0.6) is 0 Å². The summed E-state index contributed by atoms with van der Waals surface area (Å²) >= 11 is 3.50. The lowest BCUT2D eigenvalue weighted by Crippen LogP contribution is -2.06. The third-order valence-corrected chi connectivity index (χ3v) is 4.41. The Morgan fingerprint density at radius 3 is 2.75 bits per heavy atom. The molecule has 122 valence electrons. The van der Waals surface area contributed by atoms with Crippen molar-refractivity contribution in [2.24, 2.45) is 0 Å². The van der Waals surface area contributed by atoms with Gasteiger partial charge in [0, 0.05) is 16.7 Å². The normalized spacial score (nSPS) is 10.5. The van der Waals surface area contributed by atoms with Crippen LogP contribution in [-0.2, 0) is 6.54 Å². The van der Waals surface area contributed by atoms with Crippen LogP contribution in [0, 0.1) is 13.8 Å². The molecule has 0 amide bonds. The molecule has 0 aliphatic carbocycles. The zero-order valence-electron chi connectivity index (χ0n) is 13.5.